The minimum absolute atomic E-state index is 0.199. The van der Waals surface area contributed by atoms with Crippen molar-refractivity contribution in [3.8, 4) is 11.5 Å². The summed E-state index contributed by atoms with van der Waals surface area (Å²) >= 11 is 0. The molecule has 1 atom stereocenters. The third-order valence-corrected chi connectivity index (χ3v) is 1.56. The molecule has 0 saturated heterocycles. The van der Waals surface area contributed by atoms with Gasteiger partial charge >= 0.3 is 0 Å². The molecule has 64 valence electrons. The van der Waals surface area contributed by atoms with Gasteiger partial charge in [-0.25, -0.2) is 0 Å². The summed E-state index contributed by atoms with van der Waals surface area (Å²) in [6.45, 7) is 3.39. The zero-order chi connectivity index (χ0) is 9.14. The smallest absolute Gasteiger partial charge is 0.157 e. The highest BCUT2D eigenvalue weighted by molar-refractivity contribution is 5.41. The van der Waals surface area contributed by atoms with Crippen molar-refractivity contribution in [3.63, 3.8) is 0 Å². The molecule has 12 heavy (non-hydrogen) atoms. The highest BCUT2D eigenvalue weighted by atomic mass is 16.3. The molecule has 0 amide bonds. The zero-order valence-electron chi connectivity index (χ0n) is 6.44. The van der Waals surface area contributed by atoms with Gasteiger partial charge < -0.3 is 15.3 Å². The lowest BCUT2D eigenvalue weighted by Crippen LogP contribution is -1.91. The van der Waals surface area contributed by atoms with Crippen LogP contribution in [0.3, 0.4) is 0 Å². The Morgan fingerprint density at radius 1 is 1.25 bits per heavy atom. The number of aromatic hydroxyl groups is 2. The maximum Gasteiger partial charge on any atom is 0.157 e. The molecule has 0 aliphatic carbocycles. The normalized spacial score (nSPS) is 12.4. The Hall–Kier alpha value is -1.48. The number of aliphatic hydroxyl groups excluding tert-OH is 1. The van der Waals surface area contributed by atoms with E-state index in [2.05, 4.69) is 6.58 Å². The first-order chi connectivity index (χ1) is 5.65. The molecule has 1 aromatic carbocycles. The van der Waals surface area contributed by atoms with Gasteiger partial charge in [0.05, 0.1) is 6.10 Å². The van der Waals surface area contributed by atoms with Crippen LogP contribution in [0, 0.1) is 0 Å². The van der Waals surface area contributed by atoms with E-state index in [1.54, 1.807) is 0 Å². The van der Waals surface area contributed by atoms with Gasteiger partial charge in [0.15, 0.2) is 11.5 Å². The average Bonchev–Trinajstić information content (AvgIpc) is 2.08. The molecule has 0 bridgehead atoms. The fourth-order valence-electron chi connectivity index (χ4n) is 0.861. The van der Waals surface area contributed by atoms with Gasteiger partial charge in [-0.2, -0.15) is 0 Å². The van der Waals surface area contributed by atoms with Crippen molar-refractivity contribution in [2.45, 2.75) is 6.10 Å². The van der Waals surface area contributed by atoms with Crippen LogP contribution in [-0.4, -0.2) is 15.3 Å². The predicted octanol–water partition coefficient (Wildman–Crippen LogP) is 1.32. The standard InChI is InChI=1S/C9H10O3/c1-2-7(10)6-3-4-8(11)9(12)5-6/h2-5,7,10-12H,1H2. The Labute approximate surface area is 70.2 Å². The van der Waals surface area contributed by atoms with Crippen molar-refractivity contribution in [1.29, 1.82) is 0 Å². The summed E-state index contributed by atoms with van der Waals surface area (Å²) in [4.78, 5) is 0. The van der Waals surface area contributed by atoms with Crippen LogP contribution in [0.25, 0.3) is 0 Å². The molecular formula is C9H10O3. The zero-order valence-corrected chi connectivity index (χ0v) is 6.44. The number of phenolic OH excluding ortho intramolecular Hbond substituents is 2. The Kier molecular flexibility index (Phi) is 2.35. The monoisotopic (exact) mass is 166 g/mol. The molecule has 0 heterocycles. The third kappa shape index (κ3) is 1.57. The number of phenols is 2. The Bertz CT molecular complexity index is 294. The van der Waals surface area contributed by atoms with Crippen LogP contribution in [0.2, 0.25) is 0 Å². The van der Waals surface area contributed by atoms with Crippen LogP contribution in [-0.2, 0) is 0 Å². The van der Waals surface area contributed by atoms with E-state index in [1.165, 1.54) is 24.3 Å². The summed E-state index contributed by atoms with van der Waals surface area (Å²) in [5.74, 6) is -0.441. The van der Waals surface area contributed by atoms with Crippen LogP contribution in [0.15, 0.2) is 30.9 Å². The second kappa shape index (κ2) is 3.28. The van der Waals surface area contributed by atoms with Crippen molar-refractivity contribution in [1.82, 2.24) is 0 Å². The molecule has 1 unspecified atom stereocenters. The van der Waals surface area contributed by atoms with Crippen LogP contribution in [0.5, 0.6) is 11.5 Å². The van der Waals surface area contributed by atoms with Gasteiger partial charge in [-0.1, -0.05) is 12.1 Å². The first-order valence-corrected chi connectivity index (χ1v) is 3.47. The van der Waals surface area contributed by atoms with E-state index in [9.17, 15) is 5.11 Å². The third-order valence-electron chi connectivity index (χ3n) is 1.56. The fraction of sp³-hybridized carbons (Fsp3) is 0.111. The second-order valence-electron chi connectivity index (χ2n) is 2.43. The topological polar surface area (TPSA) is 60.7 Å². The maximum atomic E-state index is 9.23. The summed E-state index contributed by atoms with van der Waals surface area (Å²) in [6, 6.07) is 4.13. The average molecular weight is 166 g/mol. The maximum absolute atomic E-state index is 9.23. The molecule has 0 aromatic heterocycles. The molecular weight excluding hydrogens is 156 g/mol. The molecule has 3 nitrogen and oxygen atoms in total. The minimum atomic E-state index is -0.809. The molecule has 0 radical (unpaired) electrons. The van der Waals surface area contributed by atoms with Crippen LogP contribution >= 0.6 is 0 Å². The van der Waals surface area contributed by atoms with Crippen molar-refractivity contribution in [2.75, 3.05) is 0 Å². The van der Waals surface area contributed by atoms with Gasteiger partial charge in [0.2, 0.25) is 0 Å². The quantitative estimate of drug-likeness (QED) is 0.458. The van der Waals surface area contributed by atoms with Crippen LogP contribution in [0.1, 0.15) is 11.7 Å². The first kappa shape index (κ1) is 8.62. The Morgan fingerprint density at radius 3 is 2.42 bits per heavy atom. The minimum Gasteiger partial charge on any atom is -0.504 e. The molecule has 3 heteroatoms. The highest BCUT2D eigenvalue weighted by Crippen LogP contribution is 2.27. The van der Waals surface area contributed by atoms with Gasteiger partial charge in [-0.15, -0.1) is 6.58 Å². The van der Waals surface area contributed by atoms with Crippen molar-refractivity contribution < 1.29 is 15.3 Å². The van der Waals surface area contributed by atoms with E-state index in [0.717, 1.165) is 0 Å². The molecule has 0 saturated carbocycles. The summed E-state index contributed by atoms with van der Waals surface area (Å²) in [5.41, 5.74) is 0.500. The molecule has 0 spiro atoms. The molecule has 1 aromatic rings. The lowest BCUT2D eigenvalue weighted by molar-refractivity contribution is 0.228. The summed E-state index contributed by atoms with van der Waals surface area (Å²) in [5, 5.41) is 27.2. The molecule has 1 rings (SSSR count). The number of aliphatic hydroxyl groups is 1. The van der Waals surface area contributed by atoms with E-state index in [0.29, 0.717) is 5.56 Å². The Balaban J connectivity index is 3.04. The number of rotatable bonds is 2. The molecule has 0 aliphatic heterocycles. The second-order valence-corrected chi connectivity index (χ2v) is 2.43. The predicted molar refractivity (Wildman–Crippen MR) is 44.9 cm³/mol. The first-order valence-electron chi connectivity index (χ1n) is 3.47. The van der Waals surface area contributed by atoms with E-state index >= 15 is 0 Å². The summed E-state index contributed by atoms with van der Waals surface area (Å²) in [7, 11) is 0. The fourth-order valence-corrected chi connectivity index (χ4v) is 0.861. The van der Waals surface area contributed by atoms with Gasteiger partial charge in [-0.3, -0.25) is 0 Å². The molecule has 0 fully saturated rings. The van der Waals surface area contributed by atoms with Gasteiger partial charge in [0.1, 0.15) is 0 Å². The Morgan fingerprint density at radius 2 is 1.92 bits per heavy atom. The van der Waals surface area contributed by atoms with Crippen LogP contribution in [0.4, 0.5) is 0 Å². The highest BCUT2D eigenvalue weighted by Gasteiger charge is 2.05. The lowest BCUT2D eigenvalue weighted by Gasteiger charge is -2.06. The largest absolute Gasteiger partial charge is 0.504 e. The summed E-state index contributed by atoms with van der Waals surface area (Å²) < 4.78 is 0. The molecule has 0 aliphatic rings. The summed E-state index contributed by atoms with van der Waals surface area (Å²) in [6.07, 6.45) is 0.530. The van der Waals surface area contributed by atoms with Gasteiger partial charge in [0, 0.05) is 0 Å². The van der Waals surface area contributed by atoms with Crippen molar-refractivity contribution >= 4 is 0 Å². The van der Waals surface area contributed by atoms with E-state index in [1.807, 2.05) is 0 Å². The van der Waals surface area contributed by atoms with E-state index in [4.69, 9.17) is 10.2 Å². The molecule has 3 N–H and O–H groups in total. The number of benzene rings is 1. The van der Waals surface area contributed by atoms with Crippen molar-refractivity contribution in [3.05, 3.63) is 36.4 Å². The van der Waals surface area contributed by atoms with E-state index < -0.39 is 6.10 Å². The SMILES string of the molecule is C=CC(O)c1ccc(O)c(O)c1. The van der Waals surface area contributed by atoms with Crippen molar-refractivity contribution in [2.24, 2.45) is 0 Å². The number of hydrogen-bond acceptors (Lipinski definition) is 3. The van der Waals surface area contributed by atoms with Gasteiger partial charge in [-0.05, 0) is 17.7 Å². The van der Waals surface area contributed by atoms with Gasteiger partial charge in [0.25, 0.3) is 0 Å². The van der Waals surface area contributed by atoms with E-state index in [-0.39, 0.29) is 11.5 Å². The lowest BCUT2D eigenvalue weighted by atomic mass is 10.1. The number of hydrogen-bond donors (Lipinski definition) is 3. The van der Waals surface area contributed by atoms with Crippen LogP contribution < -0.4 is 0 Å².